The Labute approximate surface area is 221 Å². The number of benzene rings is 3. The molecule has 0 atom stereocenters. The highest BCUT2D eigenvalue weighted by atomic mass is 79.9. The van der Waals surface area contributed by atoms with Crippen molar-refractivity contribution in [1.82, 2.24) is 5.32 Å². The number of imide groups is 1. The number of carbonyl (C=O) groups excluding carboxylic acids is 3. The predicted molar refractivity (Wildman–Crippen MR) is 141 cm³/mol. The highest BCUT2D eigenvalue weighted by Crippen LogP contribution is 2.37. The minimum Gasteiger partial charge on any atom is -0.493 e. The van der Waals surface area contributed by atoms with Gasteiger partial charge in [-0.25, -0.2) is 9.69 Å². The van der Waals surface area contributed by atoms with E-state index in [-0.39, 0.29) is 18.2 Å². The molecule has 0 bridgehead atoms. The van der Waals surface area contributed by atoms with Gasteiger partial charge in [0.25, 0.3) is 11.8 Å². The van der Waals surface area contributed by atoms with E-state index in [1.54, 1.807) is 30.3 Å². The minimum absolute atomic E-state index is 0.0834. The fourth-order valence-electron chi connectivity index (χ4n) is 3.49. The van der Waals surface area contributed by atoms with E-state index in [2.05, 4.69) is 26.6 Å². The van der Waals surface area contributed by atoms with Crippen molar-refractivity contribution >= 4 is 62.8 Å². The van der Waals surface area contributed by atoms with E-state index in [0.29, 0.717) is 37.9 Å². The van der Waals surface area contributed by atoms with Crippen molar-refractivity contribution < 1.29 is 23.9 Å². The number of rotatable bonds is 7. The van der Waals surface area contributed by atoms with Gasteiger partial charge in [-0.15, -0.1) is 0 Å². The second-order valence-corrected chi connectivity index (χ2v) is 9.14. The van der Waals surface area contributed by atoms with Crippen LogP contribution in [0.1, 0.15) is 11.1 Å². The van der Waals surface area contributed by atoms with Crippen LogP contribution in [-0.4, -0.2) is 31.6 Å². The lowest BCUT2D eigenvalue weighted by Crippen LogP contribution is -2.30. The zero-order chi connectivity index (χ0) is 25.8. The van der Waals surface area contributed by atoms with Crippen molar-refractivity contribution in [2.24, 2.45) is 0 Å². The standard InChI is InChI=1S/C26H21BrClN3O5/c1-15-6-8-18(9-7-15)29-23(32)14-36-24-20(27)10-16(12-22(24)35-2)11-21-25(33)31(26(34)30-21)19-5-3-4-17(28)13-19/h3-13H,14H2,1-2H3,(H,29,32)(H,30,34)/b21-11+. The van der Waals surface area contributed by atoms with Gasteiger partial charge in [-0.05, 0) is 77.0 Å². The first kappa shape index (κ1) is 25.3. The Bertz CT molecular complexity index is 1370. The number of anilines is 2. The molecule has 1 aliphatic rings. The van der Waals surface area contributed by atoms with E-state index in [0.717, 1.165) is 10.5 Å². The number of methoxy groups -OCH3 is 1. The van der Waals surface area contributed by atoms with E-state index in [9.17, 15) is 14.4 Å². The van der Waals surface area contributed by atoms with Crippen molar-refractivity contribution in [3.05, 3.63) is 87.0 Å². The molecule has 1 aliphatic heterocycles. The smallest absolute Gasteiger partial charge is 0.333 e. The van der Waals surface area contributed by atoms with Crippen LogP contribution >= 0.6 is 27.5 Å². The van der Waals surface area contributed by atoms with Crippen molar-refractivity contribution in [2.45, 2.75) is 6.92 Å². The van der Waals surface area contributed by atoms with Crippen molar-refractivity contribution in [2.75, 3.05) is 23.9 Å². The van der Waals surface area contributed by atoms with Crippen LogP contribution in [0.3, 0.4) is 0 Å². The van der Waals surface area contributed by atoms with E-state index >= 15 is 0 Å². The largest absolute Gasteiger partial charge is 0.493 e. The Morgan fingerprint density at radius 3 is 2.58 bits per heavy atom. The lowest BCUT2D eigenvalue weighted by atomic mass is 10.1. The molecule has 1 heterocycles. The van der Waals surface area contributed by atoms with Gasteiger partial charge in [0.1, 0.15) is 5.70 Å². The van der Waals surface area contributed by atoms with E-state index in [4.69, 9.17) is 21.1 Å². The van der Waals surface area contributed by atoms with Crippen molar-refractivity contribution in [3.63, 3.8) is 0 Å². The molecule has 0 unspecified atom stereocenters. The SMILES string of the molecule is COc1cc(/C=C2/NC(=O)N(c3cccc(Cl)c3)C2=O)cc(Br)c1OCC(=O)Nc1ccc(C)cc1. The molecule has 4 amide bonds. The van der Waals surface area contributed by atoms with Crippen LogP contribution < -0.4 is 25.0 Å². The first-order valence-corrected chi connectivity index (χ1v) is 11.9. The summed E-state index contributed by atoms with van der Waals surface area (Å²) in [5, 5.41) is 5.74. The van der Waals surface area contributed by atoms with Crippen LogP contribution in [-0.2, 0) is 9.59 Å². The Kier molecular flexibility index (Phi) is 7.61. The zero-order valence-corrected chi connectivity index (χ0v) is 21.6. The number of nitrogens with one attached hydrogen (secondary N) is 2. The molecule has 1 fully saturated rings. The topological polar surface area (TPSA) is 97.0 Å². The summed E-state index contributed by atoms with van der Waals surface area (Å²) < 4.78 is 11.6. The monoisotopic (exact) mass is 569 g/mol. The molecule has 3 aromatic carbocycles. The highest BCUT2D eigenvalue weighted by molar-refractivity contribution is 9.10. The summed E-state index contributed by atoms with van der Waals surface area (Å²) in [7, 11) is 1.46. The molecule has 4 rings (SSSR count). The van der Waals surface area contributed by atoms with Crippen LogP contribution in [0, 0.1) is 6.92 Å². The fourth-order valence-corrected chi connectivity index (χ4v) is 4.25. The maximum absolute atomic E-state index is 12.9. The van der Waals surface area contributed by atoms with Crippen molar-refractivity contribution in [3.8, 4) is 11.5 Å². The molecule has 1 saturated heterocycles. The Morgan fingerprint density at radius 2 is 1.89 bits per heavy atom. The number of carbonyl (C=O) groups is 3. The lowest BCUT2D eigenvalue weighted by Gasteiger charge is -2.14. The molecule has 10 heteroatoms. The molecule has 0 spiro atoms. The summed E-state index contributed by atoms with van der Waals surface area (Å²) in [6, 6.07) is 16.6. The first-order chi connectivity index (χ1) is 17.2. The molecular weight excluding hydrogens is 550 g/mol. The lowest BCUT2D eigenvalue weighted by molar-refractivity contribution is -0.118. The number of hydrogen-bond donors (Lipinski definition) is 2. The first-order valence-electron chi connectivity index (χ1n) is 10.7. The number of ether oxygens (including phenoxy) is 2. The van der Waals surface area contributed by atoms with Gasteiger partial charge in [0, 0.05) is 10.7 Å². The van der Waals surface area contributed by atoms with Gasteiger partial charge >= 0.3 is 6.03 Å². The summed E-state index contributed by atoms with van der Waals surface area (Å²) >= 11 is 9.43. The van der Waals surface area contributed by atoms with Gasteiger partial charge in [-0.3, -0.25) is 9.59 Å². The van der Waals surface area contributed by atoms with Crippen LogP contribution in [0.25, 0.3) is 6.08 Å². The Balaban J connectivity index is 1.50. The third-order valence-electron chi connectivity index (χ3n) is 5.19. The average molecular weight is 571 g/mol. The average Bonchev–Trinajstić information content (AvgIpc) is 3.12. The van der Waals surface area contributed by atoms with Crippen molar-refractivity contribution in [1.29, 1.82) is 0 Å². The van der Waals surface area contributed by atoms with Gasteiger partial charge in [0.05, 0.1) is 17.3 Å². The molecule has 0 radical (unpaired) electrons. The summed E-state index contributed by atoms with van der Waals surface area (Å²) in [5.74, 6) is -0.200. The van der Waals surface area contributed by atoms with Crippen LogP contribution in [0.4, 0.5) is 16.2 Å². The van der Waals surface area contributed by atoms with Gasteiger partial charge in [-0.1, -0.05) is 35.4 Å². The Hall–Kier alpha value is -3.82. The van der Waals surface area contributed by atoms with E-state index in [1.165, 1.54) is 19.3 Å². The molecule has 3 aromatic rings. The maximum Gasteiger partial charge on any atom is 0.333 e. The van der Waals surface area contributed by atoms with Gasteiger partial charge < -0.3 is 20.1 Å². The number of aryl methyl sites for hydroxylation is 1. The molecule has 8 nitrogen and oxygen atoms in total. The summed E-state index contributed by atoms with van der Waals surface area (Å²) in [5.41, 5.74) is 2.76. The molecule has 36 heavy (non-hydrogen) atoms. The number of nitrogens with zero attached hydrogens (tertiary/aromatic N) is 1. The Morgan fingerprint density at radius 1 is 1.14 bits per heavy atom. The van der Waals surface area contributed by atoms with Gasteiger partial charge in [-0.2, -0.15) is 0 Å². The van der Waals surface area contributed by atoms with Crippen LogP contribution in [0.5, 0.6) is 11.5 Å². The fraction of sp³-hybridized carbons (Fsp3) is 0.115. The van der Waals surface area contributed by atoms with Crippen LogP contribution in [0.2, 0.25) is 5.02 Å². The summed E-state index contributed by atoms with van der Waals surface area (Å²) in [4.78, 5) is 38.7. The number of urea groups is 1. The molecule has 2 N–H and O–H groups in total. The van der Waals surface area contributed by atoms with Gasteiger partial charge in [0.15, 0.2) is 18.1 Å². The number of amides is 4. The minimum atomic E-state index is -0.584. The predicted octanol–water partition coefficient (Wildman–Crippen LogP) is 5.53. The second-order valence-electron chi connectivity index (χ2n) is 7.85. The molecule has 0 aliphatic carbocycles. The zero-order valence-electron chi connectivity index (χ0n) is 19.3. The van der Waals surface area contributed by atoms with E-state index in [1.807, 2.05) is 31.2 Å². The third kappa shape index (κ3) is 5.69. The normalized spacial score (nSPS) is 14.1. The number of halogens is 2. The van der Waals surface area contributed by atoms with E-state index < -0.39 is 11.9 Å². The second kappa shape index (κ2) is 10.8. The summed E-state index contributed by atoms with van der Waals surface area (Å²) in [6.07, 6.45) is 1.52. The number of hydrogen-bond acceptors (Lipinski definition) is 5. The molecule has 0 aromatic heterocycles. The highest BCUT2D eigenvalue weighted by Gasteiger charge is 2.35. The molecule has 184 valence electrons. The molecular formula is C26H21BrClN3O5. The van der Waals surface area contributed by atoms with Gasteiger partial charge in [0.2, 0.25) is 0 Å². The van der Waals surface area contributed by atoms with Crippen LogP contribution in [0.15, 0.2) is 70.8 Å². The third-order valence-corrected chi connectivity index (χ3v) is 6.01. The summed E-state index contributed by atoms with van der Waals surface area (Å²) in [6.45, 7) is 1.72. The quantitative estimate of drug-likeness (QED) is 0.287. The maximum atomic E-state index is 12.9. The molecule has 0 saturated carbocycles.